The number of nitrogens with zero attached hydrogens (tertiary/aromatic N) is 3. The summed E-state index contributed by atoms with van der Waals surface area (Å²) in [6, 6.07) is 9.63. The van der Waals surface area contributed by atoms with Crippen LogP contribution >= 0.6 is 39.0 Å². The van der Waals surface area contributed by atoms with Crippen LogP contribution in [0.2, 0.25) is 0 Å². The monoisotopic (exact) mass is 437 g/mol. The fourth-order valence-corrected chi connectivity index (χ4v) is 4.64. The molecule has 0 atom stereocenters. The van der Waals surface area contributed by atoms with Gasteiger partial charge in [0.25, 0.3) is 5.91 Å². The van der Waals surface area contributed by atoms with Gasteiger partial charge < -0.3 is 9.42 Å². The molecule has 0 aliphatic carbocycles. The standard InChI is InChI=1S/C17H16BrN3O2S2/c1-11-19-16(23-20-11)10-25-15-6-4-3-5-14(15)17(22)21(2)8-13-7-12(18)9-24-13/h3-7,9H,8,10H2,1-2H3. The summed E-state index contributed by atoms with van der Waals surface area (Å²) in [4.78, 5) is 20.8. The van der Waals surface area contributed by atoms with E-state index in [9.17, 15) is 4.79 Å². The zero-order valence-corrected chi connectivity index (χ0v) is 16.9. The topological polar surface area (TPSA) is 59.2 Å². The fourth-order valence-electron chi connectivity index (χ4n) is 2.26. The maximum Gasteiger partial charge on any atom is 0.255 e. The second-order valence-corrected chi connectivity index (χ2v) is 8.34. The van der Waals surface area contributed by atoms with Crippen molar-refractivity contribution in [1.29, 1.82) is 0 Å². The van der Waals surface area contributed by atoms with E-state index in [4.69, 9.17) is 4.52 Å². The molecule has 0 N–H and O–H groups in total. The SMILES string of the molecule is Cc1noc(CSc2ccccc2C(=O)N(C)Cc2cc(Br)cs2)n1. The van der Waals surface area contributed by atoms with E-state index in [-0.39, 0.29) is 5.91 Å². The lowest BCUT2D eigenvalue weighted by molar-refractivity contribution is 0.0783. The zero-order valence-electron chi connectivity index (χ0n) is 13.7. The summed E-state index contributed by atoms with van der Waals surface area (Å²) in [6.45, 7) is 2.37. The molecular formula is C17H16BrN3O2S2. The number of carbonyl (C=O) groups is 1. The second-order valence-electron chi connectivity index (χ2n) is 5.41. The summed E-state index contributed by atoms with van der Waals surface area (Å²) in [7, 11) is 1.82. The highest BCUT2D eigenvalue weighted by Gasteiger charge is 2.17. The van der Waals surface area contributed by atoms with Crippen LogP contribution in [0.3, 0.4) is 0 Å². The molecule has 8 heteroatoms. The third kappa shape index (κ3) is 4.71. The Morgan fingerprint density at radius 1 is 1.40 bits per heavy atom. The van der Waals surface area contributed by atoms with Crippen LogP contribution in [0.25, 0.3) is 0 Å². The predicted molar refractivity (Wildman–Crippen MR) is 103 cm³/mol. The van der Waals surface area contributed by atoms with Gasteiger partial charge in [-0.05, 0) is 41.1 Å². The van der Waals surface area contributed by atoms with Crippen LogP contribution in [0.15, 0.2) is 49.6 Å². The molecule has 1 amide bonds. The molecule has 0 saturated carbocycles. The minimum Gasteiger partial charge on any atom is -0.338 e. The Morgan fingerprint density at radius 2 is 2.20 bits per heavy atom. The van der Waals surface area contributed by atoms with E-state index >= 15 is 0 Å². The Morgan fingerprint density at radius 3 is 2.88 bits per heavy atom. The summed E-state index contributed by atoms with van der Waals surface area (Å²) in [5.74, 6) is 1.70. The smallest absolute Gasteiger partial charge is 0.255 e. The van der Waals surface area contributed by atoms with Gasteiger partial charge in [-0.25, -0.2) is 0 Å². The molecule has 3 aromatic rings. The molecule has 0 aliphatic heterocycles. The van der Waals surface area contributed by atoms with Crippen LogP contribution in [0.5, 0.6) is 0 Å². The average molecular weight is 438 g/mol. The highest BCUT2D eigenvalue weighted by Crippen LogP contribution is 2.27. The Bertz CT molecular complexity index is 878. The Balaban J connectivity index is 1.71. The third-order valence-corrected chi connectivity index (χ3v) is 6.14. The van der Waals surface area contributed by atoms with E-state index in [0.29, 0.717) is 29.6 Å². The number of aryl methyl sites for hydroxylation is 1. The summed E-state index contributed by atoms with van der Waals surface area (Å²) in [6.07, 6.45) is 0. The van der Waals surface area contributed by atoms with Gasteiger partial charge in [-0.15, -0.1) is 23.1 Å². The van der Waals surface area contributed by atoms with Crippen molar-refractivity contribution in [2.45, 2.75) is 24.1 Å². The van der Waals surface area contributed by atoms with Gasteiger partial charge in [0.1, 0.15) is 0 Å². The summed E-state index contributed by atoms with van der Waals surface area (Å²) >= 11 is 6.60. The lowest BCUT2D eigenvalue weighted by Crippen LogP contribution is -2.26. The number of hydrogen-bond acceptors (Lipinski definition) is 6. The van der Waals surface area contributed by atoms with Crippen molar-refractivity contribution in [1.82, 2.24) is 15.0 Å². The lowest BCUT2D eigenvalue weighted by Gasteiger charge is -2.18. The van der Waals surface area contributed by atoms with Crippen molar-refractivity contribution in [2.24, 2.45) is 0 Å². The largest absolute Gasteiger partial charge is 0.338 e. The molecule has 3 rings (SSSR count). The molecule has 0 radical (unpaired) electrons. The highest BCUT2D eigenvalue weighted by molar-refractivity contribution is 9.10. The summed E-state index contributed by atoms with van der Waals surface area (Å²) in [5, 5.41) is 5.80. The first-order valence-corrected chi connectivity index (χ1v) is 10.2. The molecule has 0 spiro atoms. The number of aromatic nitrogens is 2. The number of hydrogen-bond donors (Lipinski definition) is 0. The third-order valence-electron chi connectivity index (χ3n) is 3.40. The molecule has 5 nitrogen and oxygen atoms in total. The van der Waals surface area contributed by atoms with E-state index in [0.717, 1.165) is 14.2 Å². The Hall–Kier alpha value is -1.64. The van der Waals surface area contributed by atoms with E-state index < -0.39 is 0 Å². The maximum atomic E-state index is 12.8. The lowest BCUT2D eigenvalue weighted by atomic mass is 10.2. The van der Waals surface area contributed by atoms with Gasteiger partial charge >= 0.3 is 0 Å². The van der Waals surface area contributed by atoms with Gasteiger partial charge in [0, 0.05) is 26.7 Å². The molecule has 2 aromatic heterocycles. The summed E-state index contributed by atoms with van der Waals surface area (Å²) < 4.78 is 6.18. The molecule has 0 unspecified atom stereocenters. The molecular weight excluding hydrogens is 422 g/mol. The second kappa shape index (κ2) is 8.16. The van der Waals surface area contributed by atoms with E-state index in [1.165, 1.54) is 11.8 Å². The molecule has 130 valence electrons. The molecule has 0 aliphatic rings. The summed E-state index contributed by atoms with van der Waals surface area (Å²) in [5.41, 5.74) is 0.682. The number of thioether (sulfide) groups is 1. The van der Waals surface area contributed by atoms with Crippen molar-refractivity contribution in [2.75, 3.05) is 7.05 Å². The zero-order chi connectivity index (χ0) is 17.8. The number of carbonyl (C=O) groups excluding carboxylic acids is 1. The molecule has 0 bridgehead atoms. The molecule has 2 heterocycles. The number of amides is 1. The number of thiophene rings is 1. The van der Waals surface area contributed by atoms with Crippen LogP contribution in [0.1, 0.15) is 27.0 Å². The number of benzene rings is 1. The number of rotatable bonds is 6. The Labute approximate surface area is 162 Å². The van der Waals surface area contributed by atoms with Crippen LogP contribution in [0.4, 0.5) is 0 Å². The Kier molecular flexibility index (Phi) is 5.93. The van der Waals surface area contributed by atoms with Crippen molar-refractivity contribution >= 4 is 44.9 Å². The normalized spacial score (nSPS) is 10.8. The van der Waals surface area contributed by atoms with Crippen LogP contribution in [-0.4, -0.2) is 28.0 Å². The van der Waals surface area contributed by atoms with Crippen molar-refractivity contribution in [3.63, 3.8) is 0 Å². The minimum absolute atomic E-state index is 0.00525. The molecule has 0 saturated heterocycles. The van der Waals surface area contributed by atoms with E-state index in [1.54, 1.807) is 23.2 Å². The van der Waals surface area contributed by atoms with Gasteiger partial charge in [-0.2, -0.15) is 4.98 Å². The molecule has 25 heavy (non-hydrogen) atoms. The van der Waals surface area contributed by atoms with E-state index in [1.807, 2.05) is 42.8 Å². The highest BCUT2D eigenvalue weighted by atomic mass is 79.9. The van der Waals surface area contributed by atoms with Gasteiger partial charge in [-0.1, -0.05) is 17.3 Å². The minimum atomic E-state index is -0.00525. The fraction of sp³-hybridized carbons (Fsp3) is 0.235. The number of halogens is 1. The van der Waals surface area contributed by atoms with E-state index in [2.05, 4.69) is 26.1 Å². The van der Waals surface area contributed by atoms with Crippen molar-refractivity contribution in [3.8, 4) is 0 Å². The average Bonchev–Trinajstić information content (AvgIpc) is 3.20. The van der Waals surface area contributed by atoms with Crippen molar-refractivity contribution < 1.29 is 9.32 Å². The first-order chi connectivity index (χ1) is 12.0. The molecule has 0 fully saturated rings. The van der Waals surface area contributed by atoms with Gasteiger partial charge in [0.2, 0.25) is 5.89 Å². The van der Waals surface area contributed by atoms with Gasteiger partial charge in [0.15, 0.2) is 5.82 Å². The van der Waals surface area contributed by atoms with Crippen LogP contribution < -0.4 is 0 Å². The maximum absolute atomic E-state index is 12.8. The first kappa shape index (κ1) is 18.2. The van der Waals surface area contributed by atoms with Gasteiger partial charge in [0.05, 0.1) is 17.9 Å². The van der Waals surface area contributed by atoms with Crippen LogP contribution in [-0.2, 0) is 12.3 Å². The van der Waals surface area contributed by atoms with Gasteiger partial charge in [-0.3, -0.25) is 4.79 Å². The van der Waals surface area contributed by atoms with Crippen LogP contribution in [0, 0.1) is 6.92 Å². The van der Waals surface area contributed by atoms with Crippen molar-refractivity contribution in [3.05, 3.63) is 62.3 Å². The first-order valence-electron chi connectivity index (χ1n) is 7.52. The predicted octanol–water partition coefficient (Wildman–Crippen LogP) is 4.77. The quantitative estimate of drug-likeness (QED) is 0.519. The molecule has 1 aromatic carbocycles.